The molecule has 0 saturated heterocycles. The quantitative estimate of drug-likeness (QED) is 0.0952. The number of aromatic nitrogens is 4. The number of nitrogens with one attached hydrogen (secondary N) is 2. The van der Waals surface area contributed by atoms with Crippen LogP contribution in [-0.4, -0.2) is 53.9 Å². The number of aliphatic carboxylic acids is 1. The number of benzene rings is 5. The molecule has 86 heavy (non-hydrogen) atoms. The molecule has 0 unspecified atom stereocenters. The highest BCUT2D eigenvalue weighted by molar-refractivity contribution is 14.1. The fraction of sp³-hybridized carbons (Fsp3) is 0.214. The third-order valence-corrected chi connectivity index (χ3v) is 14.3. The van der Waals surface area contributed by atoms with Gasteiger partial charge in [0, 0.05) is 72.6 Å². The van der Waals surface area contributed by atoms with Gasteiger partial charge in [0.2, 0.25) is 0 Å². The minimum atomic E-state index is -5.15. The first-order valence-corrected chi connectivity index (χ1v) is 25.5. The van der Waals surface area contributed by atoms with Gasteiger partial charge in [-0.25, -0.2) is 26.7 Å². The number of carboxylic acids is 1. The molecule has 0 aliphatic heterocycles. The van der Waals surface area contributed by atoms with E-state index in [4.69, 9.17) is 0 Å². The number of halogens is 18. The van der Waals surface area contributed by atoms with E-state index in [1.54, 1.807) is 0 Å². The summed E-state index contributed by atoms with van der Waals surface area (Å²) in [5.41, 5.74) is -9.54. The van der Waals surface area contributed by atoms with Gasteiger partial charge < -0.3 is 29.4 Å². The Balaban J connectivity index is 0.000000243. The predicted molar refractivity (Wildman–Crippen MR) is 289 cm³/mol. The molecular weight excluding hydrogens is 1300 g/mol. The Kier molecular flexibility index (Phi) is 18.4. The number of pyridine rings is 4. The molecule has 0 radical (unpaired) electrons. The Hall–Kier alpha value is -8.58. The van der Waals surface area contributed by atoms with Crippen molar-refractivity contribution in [1.82, 2.24) is 24.0 Å². The zero-order valence-electron chi connectivity index (χ0n) is 44.0. The Labute approximate surface area is 484 Å². The van der Waals surface area contributed by atoms with Crippen LogP contribution >= 0.6 is 22.6 Å². The molecule has 1 amide bonds. The summed E-state index contributed by atoms with van der Waals surface area (Å²) in [6, 6.07) is 10.8. The summed E-state index contributed by atoms with van der Waals surface area (Å²) in [5.74, 6) is -8.97. The number of hydrogen-bond acceptors (Lipinski definition) is 7. The minimum absolute atomic E-state index is 0.0474. The monoisotopic (exact) mass is 1340 g/mol. The number of nitrogens with zero attached hydrogens (tertiary/aromatic N) is 4. The summed E-state index contributed by atoms with van der Waals surface area (Å²) >= 11 is 1.34. The molecule has 30 heteroatoms. The molecule has 12 nitrogen and oxygen atoms in total. The van der Waals surface area contributed by atoms with Gasteiger partial charge in [0.25, 0.3) is 22.6 Å². The second-order valence-electron chi connectivity index (χ2n) is 18.8. The molecule has 0 bridgehead atoms. The second-order valence-corrected chi connectivity index (χ2v) is 19.9. The zero-order valence-corrected chi connectivity index (χ0v) is 46.1. The van der Waals surface area contributed by atoms with E-state index in [1.165, 1.54) is 75.1 Å². The predicted octanol–water partition coefficient (Wildman–Crippen LogP) is 13.4. The molecule has 0 spiro atoms. The van der Waals surface area contributed by atoms with Crippen LogP contribution in [0.1, 0.15) is 46.0 Å². The summed E-state index contributed by atoms with van der Waals surface area (Å²) in [6.07, 6.45) is -19.2. The van der Waals surface area contributed by atoms with E-state index in [1.807, 2.05) is 10.6 Å². The highest BCUT2D eigenvalue weighted by atomic mass is 127. The van der Waals surface area contributed by atoms with Gasteiger partial charge >= 0.3 is 30.7 Å². The van der Waals surface area contributed by atoms with Crippen LogP contribution in [0.15, 0.2) is 118 Å². The van der Waals surface area contributed by atoms with Crippen LogP contribution in [0, 0.1) is 32.7 Å². The van der Waals surface area contributed by atoms with Crippen molar-refractivity contribution in [2.24, 2.45) is 21.1 Å². The fourth-order valence-corrected chi connectivity index (χ4v) is 10.2. The lowest BCUT2D eigenvalue weighted by Gasteiger charge is -2.22. The molecule has 9 rings (SSSR count). The standard InChI is InChI=1S/C34H25F9N4O4.C11H6F4INO.C11H7F4NO/c1-3-25(33(38,39)40)45-17-13-21(36)27(22(37)14-17)30(48)46-23(32(50)51)11-15-6-8-19(29-18(15)5-4-10-44-29)26-28(34(41,42)43)20-12-16(35)7-9-24(20)47(2)31(26)49;1-17-7-3-2-5(12)4-6(7)8(11(13,14)15)9(16)10(17)18;1-16-9-3-2-6(12)4-7(9)8(5-10(16)17)11(13,14)15/h4-10,12-14,23,25,45H,3,11H2,1-2H3,(H,46,48)(H,50,51);2-4H,1H3;2-5H,1H3/t23-,25+;;/m0../s1. The van der Waals surface area contributed by atoms with Gasteiger partial charge in [0.05, 0.1) is 47.9 Å². The Bertz CT molecular complexity index is 4340. The molecule has 5 aromatic carbocycles. The number of carbonyl (C=O) groups excluding carboxylic acids is 1. The smallest absolute Gasteiger partial charge is 0.418 e. The fourth-order valence-electron chi connectivity index (χ4n) is 9.24. The third kappa shape index (κ3) is 13.4. The number of hydrogen-bond donors (Lipinski definition) is 3. The van der Waals surface area contributed by atoms with E-state index in [0.29, 0.717) is 24.3 Å². The maximum absolute atomic E-state index is 14.9. The molecule has 2 atom stereocenters. The van der Waals surface area contributed by atoms with E-state index in [-0.39, 0.29) is 49.4 Å². The highest BCUT2D eigenvalue weighted by Crippen LogP contribution is 2.43. The van der Waals surface area contributed by atoms with Crippen LogP contribution < -0.4 is 27.3 Å². The van der Waals surface area contributed by atoms with Crippen LogP contribution in [0.25, 0.3) is 54.7 Å². The van der Waals surface area contributed by atoms with E-state index < -0.39 is 150 Å². The summed E-state index contributed by atoms with van der Waals surface area (Å²) < 4.78 is 233. The average Bonchev–Trinajstić information content (AvgIpc) is 0.798. The van der Waals surface area contributed by atoms with Gasteiger partial charge in [-0.2, -0.15) is 52.7 Å². The van der Waals surface area contributed by atoms with Crippen LogP contribution in [0.4, 0.5) is 80.3 Å². The van der Waals surface area contributed by atoms with Crippen LogP contribution in [-0.2, 0) is 50.9 Å². The maximum Gasteiger partial charge on any atom is 0.418 e. The van der Waals surface area contributed by atoms with Gasteiger partial charge in [-0.15, -0.1) is 0 Å². The Morgan fingerprint density at radius 2 is 1.12 bits per heavy atom. The van der Waals surface area contributed by atoms with E-state index >= 15 is 0 Å². The lowest BCUT2D eigenvalue weighted by atomic mass is 9.91. The van der Waals surface area contributed by atoms with Crippen LogP contribution in [0.3, 0.4) is 0 Å². The zero-order chi connectivity index (χ0) is 64.0. The molecule has 9 aromatic rings. The highest BCUT2D eigenvalue weighted by Gasteiger charge is 2.41. The number of carboxylic acid groups (broad SMARTS) is 1. The molecule has 0 aliphatic carbocycles. The summed E-state index contributed by atoms with van der Waals surface area (Å²) in [7, 11) is 3.89. The molecule has 4 heterocycles. The molecule has 0 fully saturated rings. The van der Waals surface area contributed by atoms with Crippen LogP contribution in [0.2, 0.25) is 0 Å². The minimum Gasteiger partial charge on any atom is -0.480 e. The molecule has 454 valence electrons. The van der Waals surface area contributed by atoms with Crippen molar-refractivity contribution in [1.29, 1.82) is 0 Å². The first-order valence-electron chi connectivity index (χ1n) is 24.4. The Morgan fingerprint density at radius 1 is 0.616 bits per heavy atom. The number of fused-ring (bicyclic) bond motifs is 4. The second kappa shape index (κ2) is 24.4. The van der Waals surface area contributed by atoms with Crippen molar-refractivity contribution in [2.75, 3.05) is 5.32 Å². The van der Waals surface area contributed by atoms with Crippen molar-refractivity contribution in [2.45, 2.75) is 56.6 Å². The van der Waals surface area contributed by atoms with Gasteiger partial charge in [-0.05, 0) is 107 Å². The Morgan fingerprint density at radius 3 is 1.60 bits per heavy atom. The van der Waals surface area contributed by atoms with Crippen molar-refractivity contribution >= 4 is 83.8 Å². The largest absolute Gasteiger partial charge is 0.480 e. The first-order chi connectivity index (χ1) is 39.9. The lowest BCUT2D eigenvalue weighted by molar-refractivity contribution is -0.143. The SMILES string of the molecule is CC[C@@H](Nc1cc(F)c(C(=O)N[C@@H](Cc2ccc(-c3c(C(F)(F)F)c4cc(F)ccc4n(C)c3=O)c3ncccc23)C(=O)O)c(F)c1)C(F)(F)F.Cn1c(=O)c(I)c(C(F)(F)F)c2cc(F)ccc21.Cn1c(=O)cc(C(F)(F)F)c2cc(F)ccc21. The van der Waals surface area contributed by atoms with Gasteiger partial charge in [0.1, 0.15) is 46.7 Å². The van der Waals surface area contributed by atoms with E-state index in [0.717, 1.165) is 68.3 Å². The van der Waals surface area contributed by atoms with E-state index in [9.17, 15) is 104 Å². The maximum atomic E-state index is 14.9. The van der Waals surface area contributed by atoms with Gasteiger partial charge in [0.15, 0.2) is 0 Å². The lowest BCUT2D eigenvalue weighted by Crippen LogP contribution is -2.43. The number of carbonyl (C=O) groups is 2. The van der Waals surface area contributed by atoms with Crippen molar-refractivity contribution in [3.8, 4) is 11.1 Å². The average molecular weight is 1340 g/mol. The molecule has 0 saturated carbocycles. The van der Waals surface area contributed by atoms with Gasteiger partial charge in [-0.1, -0.05) is 25.1 Å². The number of anilines is 1. The first kappa shape index (κ1) is 65.0. The molecule has 3 N–H and O–H groups in total. The third-order valence-electron chi connectivity index (χ3n) is 13.3. The van der Waals surface area contributed by atoms with Crippen molar-refractivity contribution in [3.63, 3.8) is 0 Å². The number of rotatable bonds is 9. The summed E-state index contributed by atoms with van der Waals surface area (Å²) in [6.45, 7) is 1.19. The number of aryl methyl sites for hydroxylation is 3. The number of amides is 1. The summed E-state index contributed by atoms with van der Waals surface area (Å²) in [4.78, 5) is 65.8. The van der Waals surface area contributed by atoms with Crippen LogP contribution in [0.5, 0.6) is 0 Å². The van der Waals surface area contributed by atoms with Gasteiger partial charge in [-0.3, -0.25) is 24.2 Å². The van der Waals surface area contributed by atoms with Crippen molar-refractivity contribution < 1.29 is 89.3 Å². The molecular formula is C56H38F17IN6O6. The topological polar surface area (TPSA) is 157 Å². The van der Waals surface area contributed by atoms with E-state index in [2.05, 4.69) is 4.98 Å². The molecule has 4 aromatic heterocycles. The van der Waals surface area contributed by atoms with Crippen molar-refractivity contribution in [3.05, 3.63) is 195 Å². The molecule has 0 aliphatic rings. The normalized spacial score (nSPS) is 12.8. The summed E-state index contributed by atoms with van der Waals surface area (Å²) in [5, 5.41) is 12.6. The number of alkyl halides is 12.